The van der Waals surface area contributed by atoms with Crippen LogP contribution in [0.15, 0.2) is 12.2 Å². The zero-order valence-corrected chi connectivity index (χ0v) is 14.8. The number of hydrogen-bond acceptors (Lipinski definition) is 5. The Morgan fingerprint density at radius 1 is 0.957 bits per heavy atom. The van der Waals surface area contributed by atoms with E-state index in [9.17, 15) is 13.2 Å². The Bertz CT molecular complexity index is 420. The normalized spacial score (nSPS) is 10.9. The summed E-state index contributed by atoms with van der Waals surface area (Å²) in [5.41, 5.74) is 0.419. The summed E-state index contributed by atoms with van der Waals surface area (Å²) in [7, 11) is -3.34. The van der Waals surface area contributed by atoms with Gasteiger partial charge in [-0.1, -0.05) is 45.6 Å². The molecule has 0 unspecified atom stereocenters. The van der Waals surface area contributed by atoms with E-state index in [-0.39, 0.29) is 41.3 Å². The van der Waals surface area contributed by atoms with Gasteiger partial charge in [0.2, 0.25) is 0 Å². The van der Waals surface area contributed by atoms with Crippen molar-refractivity contribution in [1.29, 1.82) is 0 Å². The Kier molecular flexibility index (Phi) is 17.2. The molecule has 0 atom stereocenters. The molecule has 0 rings (SSSR count). The van der Waals surface area contributed by atoms with Crippen molar-refractivity contribution in [2.45, 2.75) is 65.2 Å². The molecular formula is C16H31NaO5S. The third-order valence-corrected chi connectivity index (χ3v) is 4.45. The molecule has 0 aliphatic rings. The fraction of sp³-hybridized carbons (Fsp3) is 0.812. The topological polar surface area (TPSA) is 69.7 Å². The Hall–Kier alpha value is 0.120. The minimum atomic E-state index is -3.34. The van der Waals surface area contributed by atoms with Crippen LogP contribution >= 0.6 is 0 Å². The maximum atomic E-state index is 11.5. The van der Waals surface area contributed by atoms with E-state index >= 15 is 0 Å². The first-order valence-corrected chi connectivity index (χ1v) is 9.66. The molecule has 7 heteroatoms. The number of hydrogen-bond donors (Lipinski definition) is 0. The number of ether oxygens (including phenoxy) is 1. The SMILES string of the molecule is C=C(C)C(=O)OCCCCCCCCS(=O)(=O)OCCCC.[NaH]. The molecule has 0 radical (unpaired) electrons. The molecular weight excluding hydrogens is 327 g/mol. The average molecular weight is 358 g/mol. The van der Waals surface area contributed by atoms with Crippen molar-refractivity contribution in [2.24, 2.45) is 0 Å². The van der Waals surface area contributed by atoms with Gasteiger partial charge >= 0.3 is 35.5 Å². The van der Waals surface area contributed by atoms with Gasteiger partial charge in [0.1, 0.15) is 0 Å². The number of unbranched alkanes of at least 4 members (excludes halogenated alkanes) is 6. The molecule has 0 aromatic carbocycles. The van der Waals surface area contributed by atoms with Gasteiger partial charge in [-0.2, -0.15) is 8.42 Å². The summed E-state index contributed by atoms with van der Waals surface area (Å²) in [4.78, 5) is 11.1. The van der Waals surface area contributed by atoms with Gasteiger partial charge in [-0.05, 0) is 26.2 Å². The molecule has 0 aromatic rings. The third kappa shape index (κ3) is 16.8. The summed E-state index contributed by atoms with van der Waals surface area (Å²) in [6.07, 6.45) is 7.02. The van der Waals surface area contributed by atoms with E-state index in [0.717, 1.165) is 44.9 Å². The molecule has 5 nitrogen and oxygen atoms in total. The second-order valence-corrected chi connectivity index (χ2v) is 7.23. The van der Waals surface area contributed by atoms with Gasteiger partial charge in [0.15, 0.2) is 0 Å². The third-order valence-electron chi connectivity index (χ3n) is 3.13. The zero-order chi connectivity index (χ0) is 16.8. The van der Waals surface area contributed by atoms with E-state index in [0.29, 0.717) is 25.2 Å². The molecule has 0 aliphatic heterocycles. The quantitative estimate of drug-likeness (QED) is 0.157. The van der Waals surface area contributed by atoms with E-state index < -0.39 is 10.1 Å². The standard InChI is InChI=1S/C16H30O5S.Na.H/c1-4-5-13-21-22(18,19)14-11-9-7-6-8-10-12-20-16(17)15(2)3;;/h2,4-14H2,1,3H3;;. The minimum absolute atomic E-state index is 0. The molecule has 0 saturated carbocycles. The van der Waals surface area contributed by atoms with E-state index in [2.05, 4.69) is 6.58 Å². The molecule has 0 amide bonds. The van der Waals surface area contributed by atoms with Crippen LogP contribution in [-0.4, -0.2) is 62.9 Å². The van der Waals surface area contributed by atoms with Crippen LogP contribution in [-0.2, 0) is 23.8 Å². The summed E-state index contributed by atoms with van der Waals surface area (Å²) >= 11 is 0. The van der Waals surface area contributed by atoms with E-state index in [1.54, 1.807) is 6.92 Å². The summed E-state index contributed by atoms with van der Waals surface area (Å²) in [5.74, 6) is -0.235. The molecule has 0 aliphatic carbocycles. The van der Waals surface area contributed by atoms with Gasteiger partial charge in [0.05, 0.1) is 19.0 Å². The van der Waals surface area contributed by atoms with Crippen molar-refractivity contribution in [3.63, 3.8) is 0 Å². The average Bonchev–Trinajstić information content (AvgIpc) is 2.45. The molecule has 0 bridgehead atoms. The van der Waals surface area contributed by atoms with Crippen molar-refractivity contribution in [2.75, 3.05) is 19.0 Å². The fourth-order valence-electron chi connectivity index (χ4n) is 1.77. The van der Waals surface area contributed by atoms with Gasteiger partial charge < -0.3 is 4.74 Å². The predicted octanol–water partition coefficient (Wildman–Crippen LogP) is 2.94. The van der Waals surface area contributed by atoms with Crippen molar-refractivity contribution in [3.8, 4) is 0 Å². The van der Waals surface area contributed by atoms with Crippen LogP contribution in [0.2, 0.25) is 0 Å². The van der Waals surface area contributed by atoms with E-state index in [4.69, 9.17) is 8.92 Å². The Balaban J connectivity index is 0. The Morgan fingerprint density at radius 2 is 1.52 bits per heavy atom. The monoisotopic (exact) mass is 358 g/mol. The number of carbonyl (C=O) groups excluding carboxylic acids is 1. The summed E-state index contributed by atoms with van der Waals surface area (Å²) in [5, 5.41) is 0. The molecule has 0 heterocycles. The molecule has 0 saturated heterocycles. The summed E-state index contributed by atoms with van der Waals surface area (Å²) in [6, 6.07) is 0. The van der Waals surface area contributed by atoms with Crippen molar-refractivity contribution < 1.29 is 22.1 Å². The number of carbonyl (C=O) groups is 1. The predicted molar refractivity (Wildman–Crippen MR) is 95.3 cm³/mol. The first-order valence-electron chi connectivity index (χ1n) is 8.08. The van der Waals surface area contributed by atoms with Crippen LogP contribution in [0.5, 0.6) is 0 Å². The van der Waals surface area contributed by atoms with Crippen LogP contribution in [0.3, 0.4) is 0 Å². The van der Waals surface area contributed by atoms with Crippen LogP contribution in [0, 0.1) is 0 Å². The summed E-state index contributed by atoms with van der Waals surface area (Å²) in [6.45, 7) is 7.85. The van der Waals surface area contributed by atoms with Crippen LogP contribution in [0.4, 0.5) is 0 Å². The molecule has 0 spiro atoms. The number of esters is 1. The molecule has 0 fully saturated rings. The van der Waals surface area contributed by atoms with Crippen molar-refractivity contribution in [3.05, 3.63) is 12.2 Å². The van der Waals surface area contributed by atoms with Gasteiger partial charge in [-0.15, -0.1) is 0 Å². The molecule has 23 heavy (non-hydrogen) atoms. The van der Waals surface area contributed by atoms with Gasteiger partial charge in [-0.25, -0.2) is 4.79 Å². The zero-order valence-electron chi connectivity index (χ0n) is 13.9. The fourth-order valence-corrected chi connectivity index (χ4v) is 2.81. The van der Waals surface area contributed by atoms with Crippen LogP contribution in [0.1, 0.15) is 65.2 Å². The first kappa shape index (κ1) is 25.4. The van der Waals surface area contributed by atoms with E-state index in [1.165, 1.54) is 0 Å². The Labute approximate surface area is 163 Å². The maximum absolute atomic E-state index is 11.5. The molecule has 132 valence electrons. The van der Waals surface area contributed by atoms with Crippen LogP contribution in [0.25, 0.3) is 0 Å². The second kappa shape index (κ2) is 15.6. The molecule has 0 aromatic heterocycles. The molecule has 0 N–H and O–H groups in total. The van der Waals surface area contributed by atoms with Gasteiger partial charge in [0.25, 0.3) is 10.1 Å². The second-order valence-electron chi connectivity index (χ2n) is 5.47. The number of rotatable bonds is 14. The Morgan fingerprint density at radius 3 is 2.09 bits per heavy atom. The summed E-state index contributed by atoms with van der Waals surface area (Å²) < 4.78 is 32.9. The van der Waals surface area contributed by atoms with Crippen molar-refractivity contribution >= 4 is 45.6 Å². The van der Waals surface area contributed by atoms with E-state index in [1.807, 2.05) is 6.92 Å². The van der Waals surface area contributed by atoms with Gasteiger partial charge in [-0.3, -0.25) is 4.18 Å². The van der Waals surface area contributed by atoms with Crippen LogP contribution < -0.4 is 0 Å². The van der Waals surface area contributed by atoms with Gasteiger partial charge in [0, 0.05) is 5.57 Å². The van der Waals surface area contributed by atoms with Crippen molar-refractivity contribution in [1.82, 2.24) is 0 Å². The first-order chi connectivity index (χ1) is 10.4.